The number of esters is 2. The van der Waals surface area contributed by atoms with Gasteiger partial charge >= 0.3 is 23.8 Å². The predicted molar refractivity (Wildman–Crippen MR) is 75.0 cm³/mol. The van der Waals surface area contributed by atoms with Gasteiger partial charge in [-0.1, -0.05) is 0 Å². The molecule has 0 spiro atoms. The molecule has 4 rings (SSSR count). The molecule has 0 aliphatic heterocycles. The van der Waals surface area contributed by atoms with E-state index in [9.17, 15) is 23.2 Å². The Morgan fingerprint density at radius 2 is 1.75 bits per heavy atom. The standard InChI is InChI=1S/C16H20F2O6/c1-23-12(19)11-9-2-8-3-10(11)6-15(4-8,5-9)14(22)24-7-16(17,18)13(20)21/h8-11H,2-7H2,1H3,(H,20,21). The lowest BCUT2D eigenvalue weighted by atomic mass is 9.46. The second-order valence-corrected chi connectivity index (χ2v) is 7.38. The molecule has 0 aromatic carbocycles. The van der Waals surface area contributed by atoms with Crippen LogP contribution in [0.25, 0.3) is 0 Å². The number of halogens is 2. The summed E-state index contributed by atoms with van der Waals surface area (Å²) in [5, 5.41) is 8.42. The Kier molecular flexibility index (Phi) is 4.04. The van der Waals surface area contributed by atoms with Gasteiger partial charge in [0.15, 0.2) is 6.61 Å². The summed E-state index contributed by atoms with van der Waals surface area (Å²) in [6.07, 6.45) is 3.05. The molecule has 0 aromatic rings. The Balaban J connectivity index is 1.72. The van der Waals surface area contributed by atoms with Gasteiger partial charge in [-0.25, -0.2) is 4.79 Å². The van der Waals surface area contributed by atoms with Gasteiger partial charge in [-0.05, 0) is 49.9 Å². The highest BCUT2D eigenvalue weighted by atomic mass is 19.3. The van der Waals surface area contributed by atoms with Crippen molar-refractivity contribution in [2.75, 3.05) is 13.7 Å². The van der Waals surface area contributed by atoms with Crippen molar-refractivity contribution in [1.29, 1.82) is 0 Å². The predicted octanol–water partition coefficient (Wildman–Crippen LogP) is 1.86. The lowest BCUT2D eigenvalue weighted by molar-refractivity contribution is -0.196. The van der Waals surface area contributed by atoms with Gasteiger partial charge in [0.05, 0.1) is 18.4 Å². The highest BCUT2D eigenvalue weighted by molar-refractivity contribution is 5.80. The zero-order valence-electron chi connectivity index (χ0n) is 13.3. The molecule has 2 atom stereocenters. The smallest absolute Gasteiger partial charge is 0.378 e. The maximum Gasteiger partial charge on any atom is 0.378 e. The number of carboxylic acids is 1. The molecule has 4 bridgehead atoms. The van der Waals surface area contributed by atoms with E-state index < -0.39 is 29.9 Å². The monoisotopic (exact) mass is 346 g/mol. The van der Waals surface area contributed by atoms with Crippen LogP contribution in [0.2, 0.25) is 0 Å². The Morgan fingerprint density at radius 1 is 1.17 bits per heavy atom. The van der Waals surface area contributed by atoms with Crippen LogP contribution in [-0.4, -0.2) is 42.7 Å². The van der Waals surface area contributed by atoms with Crippen molar-refractivity contribution in [3.8, 4) is 0 Å². The number of aliphatic carboxylic acids is 1. The minimum atomic E-state index is -4.09. The van der Waals surface area contributed by atoms with Gasteiger partial charge in [-0.15, -0.1) is 0 Å². The number of carbonyl (C=O) groups is 3. The van der Waals surface area contributed by atoms with E-state index in [4.69, 9.17) is 9.84 Å². The molecule has 0 saturated heterocycles. The van der Waals surface area contributed by atoms with E-state index in [0.717, 1.165) is 12.8 Å². The fourth-order valence-corrected chi connectivity index (χ4v) is 5.17. The molecule has 0 amide bonds. The van der Waals surface area contributed by atoms with E-state index in [-0.39, 0.29) is 29.6 Å². The van der Waals surface area contributed by atoms with Crippen molar-refractivity contribution in [2.24, 2.45) is 29.1 Å². The summed E-state index contributed by atoms with van der Waals surface area (Å²) < 4.78 is 35.9. The first-order valence-electron chi connectivity index (χ1n) is 8.05. The molecule has 134 valence electrons. The summed E-state index contributed by atoms with van der Waals surface area (Å²) in [5.74, 6) is -7.41. The number of carboxylic acid groups (broad SMARTS) is 1. The summed E-state index contributed by atoms with van der Waals surface area (Å²) >= 11 is 0. The average Bonchev–Trinajstić information content (AvgIpc) is 2.51. The second-order valence-electron chi connectivity index (χ2n) is 7.38. The van der Waals surface area contributed by atoms with Gasteiger partial charge in [-0.3, -0.25) is 9.59 Å². The highest BCUT2D eigenvalue weighted by Gasteiger charge is 2.61. The topological polar surface area (TPSA) is 89.9 Å². The van der Waals surface area contributed by atoms with Gasteiger partial charge in [-0.2, -0.15) is 8.78 Å². The third-order valence-electron chi connectivity index (χ3n) is 5.88. The Bertz CT molecular complexity index is 559. The SMILES string of the molecule is COC(=O)C1C2CC3CC1CC(C(=O)OCC(F)(F)C(=O)O)(C3)C2. The Hall–Kier alpha value is -1.73. The minimum absolute atomic E-state index is 0.00349. The molecule has 4 aliphatic rings. The molecule has 6 nitrogen and oxygen atoms in total. The first-order valence-corrected chi connectivity index (χ1v) is 8.05. The second kappa shape index (κ2) is 5.67. The number of hydrogen-bond acceptors (Lipinski definition) is 5. The van der Waals surface area contributed by atoms with E-state index in [1.54, 1.807) is 0 Å². The Morgan fingerprint density at radius 3 is 2.25 bits per heavy atom. The van der Waals surface area contributed by atoms with Crippen LogP contribution >= 0.6 is 0 Å². The number of ether oxygens (including phenoxy) is 2. The van der Waals surface area contributed by atoms with Gasteiger partial charge in [0.2, 0.25) is 0 Å². The minimum Gasteiger partial charge on any atom is -0.477 e. The lowest BCUT2D eigenvalue weighted by Crippen LogP contribution is -2.56. The molecule has 2 unspecified atom stereocenters. The maximum atomic E-state index is 13.2. The zero-order chi connectivity index (χ0) is 17.7. The summed E-state index contributed by atoms with van der Waals surface area (Å²) in [5.41, 5.74) is -0.865. The van der Waals surface area contributed by atoms with Crippen LogP contribution < -0.4 is 0 Å². The summed E-state index contributed by atoms with van der Waals surface area (Å²) in [6, 6.07) is 0. The van der Waals surface area contributed by atoms with Crippen molar-refractivity contribution < 1.29 is 37.7 Å². The van der Waals surface area contributed by atoms with Gasteiger partial charge in [0.25, 0.3) is 0 Å². The van der Waals surface area contributed by atoms with Crippen molar-refractivity contribution in [1.82, 2.24) is 0 Å². The molecule has 1 N–H and O–H groups in total. The molecule has 0 aromatic heterocycles. The number of carbonyl (C=O) groups excluding carboxylic acids is 2. The highest BCUT2D eigenvalue weighted by Crippen LogP contribution is 2.62. The van der Waals surface area contributed by atoms with Crippen LogP contribution in [-0.2, 0) is 23.9 Å². The molecule has 8 heteroatoms. The fraction of sp³-hybridized carbons (Fsp3) is 0.812. The number of rotatable bonds is 5. The van der Waals surface area contributed by atoms with Crippen molar-refractivity contribution >= 4 is 17.9 Å². The largest absolute Gasteiger partial charge is 0.477 e. The number of alkyl halides is 2. The first kappa shape index (κ1) is 17.1. The number of hydrogen-bond donors (Lipinski definition) is 1. The van der Waals surface area contributed by atoms with Gasteiger partial charge < -0.3 is 14.6 Å². The van der Waals surface area contributed by atoms with Crippen LogP contribution in [0.1, 0.15) is 32.1 Å². The van der Waals surface area contributed by atoms with Crippen LogP contribution in [0.15, 0.2) is 0 Å². The molecule has 4 saturated carbocycles. The van der Waals surface area contributed by atoms with E-state index >= 15 is 0 Å². The third-order valence-corrected chi connectivity index (χ3v) is 5.88. The molecular weight excluding hydrogens is 326 g/mol. The summed E-state index contributed by atoms with van der Waals surface area (Å²) in [6.45, 7) is -1.46. The molecule has 4 fully saturated rings. The van der Waals surface area contributed by atoms with Crippen LogP contribution in [0, 0.1) is 29.1 Å². The van der Waals surface area contributed by atoms with Crippen LogP contribution in [0.3, 0.4) is 0 Å². The molecule has 0 radical (unpaired) electrons. The number of methoxy groups -OCH3 is 1. The maximum absolute atomic E-state index is 13.2. The van der Waals surface area contributed by atoms with Crippen molar-refractivity contribution in [3.63, 3.8) is 0 Å². The Labute approximate surface area is 137 Å². The van der Waals surface area contributed by atoms with Crippen LogP contribution in [0.4, 0.5) is 8.78 Å². The van der Waals surface area contributed by atoms with E-state index in [0.29, 0.717) is 19.3 Å². The molecule has 0 heterocycles. The van der Waals surface area contributed by atoms with Gasteiger partial charge in [0, 0.05) is 0 Å². The summed E-state index contributed by atoms with van der Waals surface area (Å²) in [4.78, 5) is 34.9. The van der Waals surface area contributed by atoms with E-state index in [1.165, 1.54) is 7.11 Å². The average molecular weight is 346 g/mol. The zero-order valence-corrected chi connectivity index (χ0v) is 13.3. The van der Waals surface area contributed by atoms with E-state index in [1.807, 2.05) is 0 Å². The van der Waals surface area contributed by atoms with Crippen molar-refractivity contribution in [2.45, 2.75) is 38.0 Å². The van der Waals surface area contributed by atoms with E-state index in [2.05, 4.69) is 4.74 Å². The van der Waals surface area contributed by atoms with Crippen LogP contribution in [0.5, 0.6) is 0 Å². The third kappa shape index (κ3) is 2.65. The van der Waals surface area contributed by atoms with Gasteiger partial charge in [0.1, 0.15) is 0 Å². The van der Waals surface area contributed by atoms with Crippen molar-refractivity contribution in [3.05, 3.63) is 0 Å². The molecule has 24 heavy (non-hydrogen) atoms. The first-order chi connectivity index (χ1) is 11.2. The molecular formula is C16H20F2O6. The molecule has 4 aliphatic carbocycles. The normalized spacial score (nSPS) is 37.1. The lowest BCUT2D eigenvalue weighted by Gasteiger charge is -2.57. The fourth-order valence-electron chi connectivity index (χ4n) is 5.17. The quantitative estimate of drug-likeness (QED) is 0.764. The summed E-state index contributed by atoms with van der Waals surface area (Å²) in [7, 11) is 1.34.